The van der Waals surface area contributed by atoms with Crippen LogP contribution in [0.4, 0.5) is 0 Å². The van der Waals surface area contributed by atoms with Gasteiger partial charge in [0.25, 0.3) is 0 Å². The summed E-state index contributed by atoms with van der Waals surface area (Å²) in [6.45, 7) is 1.11. The van der Waals surface area contributed by atoms with Crippen molar-refractivity contribution >= 4 is 33.4 Å². The Balaban J connectivity index is 1.57. The SMILES string of the molecule is Cn1ccnc1SCC1CCN(S(=O)(=O)c2cccc(Cl)c2)CC1. The van der Waals surface area contributed by atoms with E-state index in [1.165, 1.54) is 6.07 Å². The number of aromatic nitrogens is 2. The van der Waals surface area contributed by atoms with Crippen molar-refractivity contribution in [3.8, 4) is 0 Å². The minimum absolute atomic E-state index is 0.274. The molecule has 0 saturated carbocycles. The van der Waals surface area contributed by atoms with Gasteiger partial charge in [-0.05, 0) is 37.0 Å². The Kier molecular flexibility index (Phi) is 5.54. The lowest BCUT2D eigenvalue weighted by atomic mass is 10.0. The van der Waals surface area contributed by atoms with Crippen LogP contribution in [-0.4, -0.2) is 41.1 Å². The second-order valence-corrected chi connectivity index (χ2v) is 9.30. The van der Waals surface area contributed by atoms with E-state index in [0.717, 1.165) is 23.8 Å². The lowest BCUT2D eigenvalue weighted by molar-refractivity contribution is 0.291. The quantitative estimate of drug-likeness (QED) is 0.741. The fourth-order valence-corrected chi connectivity index (χ4v) is 5.67. The smallest absolute Gasteiger partial charge is 0.243 e. The molecule has 1 aromatic heterocycles. The molecule has 130 valence electrons. The minimum Gasteiger partial charge on any atom is -0.329 e. The van der Waals surface area contributed by atoms with Crippen LogP contribution in [0.5, 0.6) is 0 Å². The number of nitrogens with zero attached hydrogens (tertiary/aromatic N) is 3. The van der Waals surface area contributed by atoms with Gasteiger partial charge in [0.1, 0.15) is 0 Å². The van der Waals surface area contributed by atoms with Gasteiger partial charge in [-0.15, -0.1) is 0 Å². The Labute approximate surface area is 152 Å². The van der Waals surface area contributed by atoms with Gasteiger partial charge in [0, 0.05) is 43.3 Å². The van der Waals surface area contributed by atoms with E-state index in [0.29, 0.717) is 24.0 Å². The third-order valence-corrected chi connectivity index (χ3v) is 7.65. The number of halogens is 1. The molecular weight excluding hydrogens is 366 g/mol. The molecule has 0 spiro atoms. The van der Waals surface area contributed by atoms with Gasteiger partial charge >= 0.3 is 0 Å². The summed E-state index contributed by atoms with van der Waals surface area (Å²) >= 11 is 7.66. The molecule has 3 rings (SSSR count). The van der Waals surface area contributed by atoms with E-state index in [9.17, 15) is 8.42 Å². The summed E-state index contributed by atoms with van der Waals surface area (Å²) in [5, 5.41) is 1.45. The third kappa shape index (κ3) is 3.96. The molecule has 5 nitrogen and oxygen atoms in total. The standard InChI is InChI=1S/C16H20ClN3O2S2/c1-19-10-7-18-16(19)23-12-13-5-8-20(9-6-13)24(21,22)15-4-2-3-14(17)11-15/h2-4,7,10-11,13H,5-6,8-9,12H2,1H3. The molecule has 2 heterocycles. The van der Waals surface area contributed by atoms with E-state index in [1.54, 1.807) is 40.5 Å². The van der Waals surface area contributed by atoms with Crippen LogP contribution in [0.1, 0.15) is 12.8 Å². The number of rotatable bonds is 5. The number of imidazole rings is 1. The summed E-state index contributed by atoms with van der Waals surface area (Å²) in [5.74, 6) is 1.48. The highest BCUT2D eigenvalue weighted by molar-refractivity contribution is 7.99. The maximum absolute atomic E-state index is 12.7. The Morgan fingerprint density at radius 1 is 1.33 bits per heavy atom. The van der Waals surface area contributed by atoms with Crippen LogP contribution in [0.2, 0.25) is 5.02 Å². The number of benzene rings is 1. The number of aryl methyl sites for hydroxylation is 1. The van der Waals surface area contributed by atoms with Gasteiger partial charge in [0.15, 0.2) is 5.16 Å². The molecule has 1 aliphatic heterocycles. The molecular formula is C16H20ClN3O2S2. The summed E-state index contributed by atoms with van der Waals surface area (Å²) in [6.07, 6.45) is 5.47. The van der Waals surface area contributed by atoms with Gasteiger partial charge in [-0.25, -0.2) is 13.4 Å². The molecule has 0 atom stereocenters. The van der Waals surface area contributed by atoms with Gasteiger partial charge < -0.3 is 4.57 Å². The van der Waals surface area contributed by atoms with Crippen LogP contribution in [0, 0.1) is 5.92 Å². The second kappa shape index (κ2) is 7.47. The van der Waals surface area contributed by atoms with Crippen molar-refractivity contribution in [3.05, 3.63) is 41.7 Å². The molecule has 2 aromatic rings. The van der Waals surface area contributed by atoms with Gasteiger partial charge in [-0.2, -0.15) is 4.31 Å². The molecule has 24 heavy (non-hydrogen) atoms. The highest BCUT2D eigenvalue weighted by atomic mass is 35.5. The molecule has 0 bridgehead atoms. The zero-order valence-electron chi connectivity index (χ0n) is 13.4. The molecule has 0 radical (unpaired) electrons. The first-order valence-electron chi connectivity index (χ1n) is 7.82. The van der Waals surface area contributed by atoms with Gasteiger partial charge in [0.05, 0.1) is 4.90 Å². The van der Waals surface area contributed by atoms with E-state index in [-0.39, 0.29) is 4.90 Å². The third-order valence-electron chi connectivity index (χ3n) is 4.23. The zero-order valence-corrected chi connectivity index (χ0v) is 15.8. The Morgan fingerprint density at radius 2 is 2.08 bits per heavy atom. The van der Waals surface area contributed by atoms with Crippen molar-refractivity contribution in [1.82, 2.24) is 13.9 Å². The number of piperidine rings is 1. The Morgan fingerprint density at radius 3 is 2.71 bits per heavy atom. The normalized spacial score (nSPS) is 17.2. The Hall–Kier alpha value is -1.02. The summed E-state index contributed by atoms with van der Waals surface area (Å²) in [6, 6.07) is 6.47. The van der Waals surface area contributed by atoms with Gasteiger partial charge in [0.2, 0.25) is 10.0 Å². The highest BCUT2D eigenvalue weighted by Crippen LogP contribution is 2.28. The van der Waals surface area contributed by atoms with Crippen LogP contribution >= 0.6 is 23.4 Å². The number of hydrogen-bond donors (Lipinski definition) is 0. The maximum Gasteiger partial charge on any atom is 0.243 e. The monoisotopic (exact) mass is 385 g/mol. The van der Waals surface area contributed by atoms with Crippen LogP contribution in [0.3, 0.4) is 0 Å². The van der Waals surface area contributed by atoms with Crippen molar-refractivity contribution in [2.75, 3.05) is 18.8 Å². The molecule has 0 unspecified atom stereocenters. The van der Waals surface area contributed by atoms with E-state index in [2.05, 4.69) is 4.98 Å². The summed E-state index contributed by atoms with van der Waals surface area (Å²) < 4.78 is 28.9. The molecule has 1 fully saturated rings. The van der Waals surface area contributed by atoms with Crippen LogP contribution in [0.25, 0.3) is 0 Å². The van der Waals surface area contributed by atoms with Gasteiger partial charge in [-0.1, -0.05) is 29.4 Å². The summed E-state index contributed by atoms with van der Waals surface area (Å²) in [5.41, 5.74) is 0. The molecule has 8 heteroatoms. The predicted octanol–water partition coefficient (Wildman–Crippen LogP) is 3.27. The van der Waals surface area contributed by atoms with Crippen molar-refractivity contribution < 1.29 is 8.42 Å². The van der Waals surface area contributed by atoms with Crippen molar-refractivity contribution in [3.63, 3.8) is 0 Å². The average molecular weight is 386 g/mol. The first-order chi connectivity index (χ1) is 11.5. The lowest BCUT2D eigenvalue weighted by Crippen LogP contribution is -2.38. The fraction of sp³-hybridized carbons (Fsp3) is 0.438. The van der Waals surface area contributed by atoms with Crippen molar-refractivity contribution in [2.24, 2.45) is 13.0 Å². The second-order valence-electron chi connectivity index (χ2n) is 5.94. The lowest BCUT2D eigenvalue weighted by Gasteiger charge is -2.31. The molecule has 1 saturated heterocycles. The molecule has 1 aliphatic rings. The topological polar surface area (TPSA) is 55.2 Å². The van der Waals surface area contributed by atoms with Crippen molar-refractivity contribution in [1.29, 1.82) is 0 Å². The van der Waals surface area contributed by atoms with E-state index < -0.39 is 10.0 Å². The summed E-state index contributed by atoms with van der Waals surface area (Å²) in [7, 11) is -1.47. The zero-order chi connectivity index (χ0) is 17.2. The van der Waals surface area contributed by atoms with Crippen LogP contribution in [0.15, 0.2) is 46.7 Å². The molecule has 0 N–H and O–H groups in total. The van der Waals surface area contributed by atoms with E-state index in [1.807, 2.05) is 17.8 Å². The molecule has 0 aliphatic carbocycles. The van der Waals surface area contributed by atoms with Crippen LogP contribution in [-0.2, 0) is 17.1 Å². The van der Waals surface area contributed by atoms with Gasteiger partial charge in [-0.3, -0.25) is 0 Å². The Bertz CT molecular complexity index is 799. The average Bonchev–Trinajstić information content (AvgIpc) is 2.98. The molecule has 0 amide bonds. The predicted molar refractivity (Wildman–Crippen MR) is 96.9 cm³/mol. The van der Waals surface area contributed by atoms with Crippen molar-refractivity contribution in [2.45, 2.75) is 22.9 Å². The number of sulfonamides is 1. The maximum atomic E-state index is 12.7. The van der Waals surface area contributed by atoms with Crippen LogP contribution < -0.4 is 0 Å². The number of hydrogen-bond acceptors (Lipinski definition) is 4. The molecule has 1 aromatic carbocycles. The first kappa shape index (κ1) is 17.8. The highest BCUT2D eigenvalue weighted by Gasteiger charge is 2.29. The fourth-order valence-electron chi connectivity index (χ4n) is 2.78. The minimum atomic E-state index is -3.45. The largest absolute Gasteiger partial charge is 0.329 e. The number of thioether (sulfide) groups is 1. The van der Waals surface area contributed by atoms with E-state index in [4.69, 9.17) is 11.6 Å². The summed E-state index contributed by atoms with van der Waals surface area (Å²) in [4.78, 5) is 4.58. The first-order valence-corrected chi connectivity index (χ1v) is 10.6. The van der Waals surface area contributed by atoms with E-state index >= 15 is 0 Å².